The van der Waals surface area contributed by atoms with Crippen molar-refractivity contribution >= 4 is 0 Å². The summed E-state index contributed by atoms with van der Waals surface area (Å²) in [6.45, 7) is 5.79. The Bertz CT molecular complexity index is 394. The Hall–Kier alpha value is -1.07. The molecule has 0 aliphatic rings. The van der Waals surface area contributed by atoms with Crippen LogP contribution in [-0.4, -0.2) is 31.1 Å². The SMILES string of the molecule is CC(C)NCCN(C)Cc1ccc(F)c(F)c1F. The molecule has 0 saturated heterocycles. The maximum atomic E-state index is 13.4. The molecule has 0 unspecified atom stereocenters. The minimum absolute atomic E-state index is 0.168. The Balaban J connectivity index is 2.54. The quantitative estimate of drug-likeness (QED) is 0.791. The van der Waals surface area contributed by atoms with Gasteiger partial charge in [0.1, 0.15) is 0 Å². The summed E-state index contributed by atoms with van der Waals surface area (Å²) < 4.78 is 39.2. The monoisotopic (exact) mass is 260 g/mol. The lowest BCUT2D eigenvalue weighted by Crippen LogP contribution is -2.32. The highest BCUT2D eigenvalue weighted by atomic mass is 19.2. The van der Waals surface area contributed by atoms with Gasteiger partial charge in [-0.1, -0.05) is 19.9 Å². The molecular weight excluding hydrogens is 241 g/mol. The van der Waals surface area contributed by atoms with E-state index in [1.165, 1.54) is 6.07 Å². The minimum Gasteiger partial charge on any atom is -0.313 e. The average molecular weight is 260 g/mol. The Morgan fingerprint density at radius 3 is 2.44 bits per heavy atom. The van der Waals surface area contributed by atoms with Crippen LogP contribution in [0.25, 0.3) is 0 Å². The second-order valence-electron chi connectivity index (χ2n) is 4.68. The third kappa shape index (κ3) is 4.31. The van der Waals surface area contributed by atoms with Gasteiger partial charge in [-0.2, -0.15) is 0 Å². The van der Waals surface area contributed by atoms with Crippen molar-refractivity contribution in [2.24, 2.45) is 0 Å². The highest BCUT2D eigenvalue weighted by Crippen LogP contribution is 2.16. The molecule has 2 nitrogen and oxygen atoms in total. The number of benzene rings is 1. The molecule has 1 rings (SSSR count). The molecule has 0 fully saturated rings. The van der Waals surface area contributed by atoms with Gasteiger partial charge in [-0.25, -0.2) is 13.2 Å². The van der Waals surface area contributed by atoms with Crippen LogP contribution in [0.2, 0.25) is 0 Å². The van der Waals surface area contributed by atoms with Crippen LogP contribution in [0.1, 0.15) is 19.4 Å². The third-order valence-electron chi connectivity index (χ3n) is 2.60. The number of nitrogens with zero attached hydrogens (tertiary/aromatic N) is 1. The van der Waals surface area contributed by atoms with E-state index in [9.17, 15) is 13.2 Å². The van der Waals surface area contributed by atoms with Crippen LogP contribution in [0.5, 0.6) is 0 Å². The van der Waals surface area contributed by atoms with Crippen LogP contribution in [0.15, 0.2) is 12.1 Å². The van der Waals surface area contributed by atoms with Crippen molar-refractivity contribution in [2.45, 2.75) is 26.4 Å². The second kappa shape index (κ2) is 6.75. The summed E-state index contributed by atoms with van der Waals surface area (Å²) in [5.74, 6) is -3.65. The van der Waals surface area contributed by atoms with Gasteiger partial charge < -0.3 is 10.2 Å². The third-order valence-corrected chi connectivity index (χ3v) is 2.60. The molecule has 1 aromatic rings. The van der Waals surface area contributed by atoms with E-state index < -0.39 is 17.5 Å². The first-order chi connectivity index (χ1) is 8.41. The predicted octanol–water partition coefficient (Wildman–Crippen LogP) is 2.53. The zero-order chi connectivity index (χ0) is 13.7. The maximum Gasteiger partial charge on any atom is 0.194 e. The van der Waals surface area contributed by atoms with E-state index >= 15 is 0 Å². The molecule has 0 heterocycles. The summed E-state index contributed by atoms with van der Waals surface area (Å²) in [5.41, 5.74) is 0.168. The van der Waals surface area contributed by atoms with Crippen molar-refractivity contribution in [1.82, 2.24) is 10.2 Å². The van der Waals surface area contributed by atoms with Gasteiger partial charge >= 0.3 is 0 Å². The first-order valence-electron chi connectivity index (χ1n) is 5.96. The topological polar surface area (TPSA) is 15.3 Å². The molecule has 1 aromatic carbocycles. The smallest absolute Gasteiger partial charge is 0.194 e. The van der Waals surface area contributed by atoms with Gasteiger partial charge in [0.15, 0.2) is 17.5 Å². The zero-order valence-electron chi connectivity index (χ0n) is 10.9. The highest BCUT2D eigenvalue weighted by molar-refractivity contribution is 5.20. The van der Waals surface area contributed by atoms with Crippen LogP contribution in [0.3, 0.4) is 0 Å². The van der Waals surface area contributed by atoms with Crippen molar-refractivity contribution in [1.29, 1.82) is 0 Å². The van der Waals surface area contributed by atoms with Gasteiger partial charge in [-0.15, -0.1) is 0 Å². The summed E-state index contributed by atoms with van der Waals surface area (Å²) in [6, 6.07) is 2.62. The maximum absolute atomic E-state index is 13.4. The number of halogens is 3. The fourth-order valence-corrected chi connectivity index (χ4v) is 1.60. The molecule has 102 valence electrons. The molecule has 0 aromatic heterocycles. The lowest BCUT2D eigenvalue weighted by atomic mass is 10.2. The summed E-state index contributed by atoms with van der Waals surface area (Å²) in [5, 5.41) is 3.23. The van der Waals surface area contributed by atoms with Gasteiger partial charge in [-0.05, 0) is 13.1 Å². The standard InChI is InChI=1S/C13H19F3N2/c1-9(2)17-6-7-18(3)8-10-4-5-11(14)13(16)12(10)15/h4-5,9,17H,6-8H2,1-3H3. The van der Waals surface area contributed by atoms with Crippen LogP contribution in [0.4, 0.5) is 13.2 Å². The Labute approximate surface area is 106 Å². The van der Waals surface area contributed by atoms with Gasteiger partial charge in [0.2, 0.25) is 0 Å². The van der Waals surface area contributed by atoms with Crippen molar-refractivity contribution < 1.29 is 13.2 Å². The Morgan fingerprint density at radius 1 is 1.17 bits per heavy atom. The van der Waals surface area contributed by atoms with Crippen LogP contribution >= 0.6 is 0 Å². The summed E-state index contributed by atoms with van der Waals surface area (Å²) in [6.07, 6.45) is 0. The number of hydrogen-bond acceptors (Lipinski definition) is 2. The largest absolute Gasteiger partial charge is 0.313 e. The van der Waals surface area contributed by atoms with E-state index in [2.05, 4.69) is 5.32 Å². The average Bonchev–Trinajstić information content (AvgIpc) is 2.29. The molecule has 0 radical (unpaired) electrons. The first-order valence-corrected chi connectivity index (χ1v) is 5.96. The predicted molar refractivity (Wildman–Crippen MR) is 65.8 cm³/mol. The number of rotatable bonds is 6. The van der Waals surface area contributed by atoms with E-state index in [4.69, 9.17) is 0 Å². The van der Waals surface area contributed by atoms with Crippen LogP contribution < -0.4 is 5.32 Å². The number of hydrogen-bond donors (Lipinski definition) is 1. The zero-order valence-corrected chi connectivity index (χ0v) is 10.9. The molecule has 0 spiro atoms. The fraction of sp³-hybridized carbons (Fsp3) is 0.538. The molecule has 5 heteroatoms. The summed E-state index contributed by atoms with van der Waals surface area (Å²) in [4.78, 5) is 1.85. The molecule has 0 amide bonds. The van der Waals surface area contributed by atoms with Crippen molar-refractivity contribution in [3.63, 3.8) is 0 Å². The van der Waals surface area contributed by atoms with E-state index in [-0.39, 0.29) is 12.1 Å². The molecular formula is C13H19F3N2. The Morgan fingerprint density at radius 2 is 1.83 bits per heavy atom. The molecule has 0 bridgehead atoms. The highest BCUT2D eigenvalue weighted by Gasteiger charge is 2.14. The lowest BCUT2D eigenvalue weighted by Gasteiger charge is -2.18. The lowest BCUT2D eigenvalue weighted by molar-refractivity contribution is 0.311. The van der Waals surface area contributed by atoms with Gasteiger partial charge in [0.05, 0.1) is 0 Å². The summed E-state index contributed by atoms with van der Waals surface area (Å²) in [7, 11) is 1.81. The van der Waals surface area contributed by atoms with Gasteiger partial charge in [-0.3, -0.25) is 0 Å². The molecule has 18 heavy (non-hydrogen) atoms. The fourth-order valence-electron chi connectivity index (χ4n) is 1.60. The first kappa shape index (κ1) is 15.0. The van der Waals surface area contributed by atoms with Crippen molar-refractivity contribution in [3.8, 4) is 0 Å². The molecule has 0 aliphatic heterocycles. The normalized spacial score (nSPS) is 11.6. The van der Waals surface area contributed by atoms with E-state index in [0.717, 1.165) is 12.6 Å². The van der Waals surface area contributed by atoms with Gasteiger partial charge in [0, 0.05) is 31.2 Å². The Kier molecular flexibility index (Phi) is 5.62. The van der Waals surface area contributed by atoms with Crippen molar-refractivity contribution in [2.75, 3.05) is 20.1 Å². The van der Waals surface area contributed by atoms with E-state index in [1.54, 1.807) is 0 Å². The molecule has 0 atom stereocenters. The van der Waals surface area contributed by atoms with Gasteiger partial charge in [0.25, 0.3) is 0 Å². The second-order valence-corrected chi connectivity index (χ2v) is 4.68. The number of nitrogens with one attached hydrogen (secondary N) is 1. The van der Waals surface area contributed by atoms with Crippen LogP contribution in [-0.2, 0) is 6.54 Å². The van der Waals surface area contributed by atoms with E-state index in [1.807, 2.05) is 25.8 Å². The van der Waals surface area contributed by atoms with E-state index in [0.29, 0.717) is 12.6 Å². The molecule has 0 saturated carbocycles. The summed E-state index contributed by atoms with van der Waals surface area (Å²) >= 11 is 0. The molecule has 0 aliphatic carbocycles. The van der Waals surface area contributed by atoms with Crippen molar-refractivity contribution in [3.05, 3.63) is 35.1 Å². The minimum atomic E-state index is -1.40. The molecule has 1 N–H and O–H groups in total. The number of likely N-dealkylation sites (N-methyl/N-ethyl adjacent to an activating group) is 1. The van der Waals surface area contributed by atoms with Crippen LogP contribution in [0, 0.1) is 17.5 Å².